The van der Waals surface area contributed by atoms with Gasteiger partial charge in [0.2, 0.25) is 0 Å². The molecular weight excluding hydrogens is 222 g/mol. The summed E-state index contributed by atoms with van der Waals surface area (Å²) in [4.78, 5) is 2.66. The van der Waals surface area contributed by atoms with E-state index in [0.29, 0.717) is 11.9 Å². The van der Waals surface area contributed by atoms with Crippen LogP contribution in [-0.4, -0.2) is 20.6 Å². The van der Waals surface area contributed by atoms with Gasteiger partial charge in [-0.05, 0) is 32.9 Å². The maximum atomic E-state index is 3.96. The van der Waals surface area contributed by atoms with Crippen LogP contribution in [0.25, 0.3) is 0 Å². The Morgan fingerprint density at radius 1 is 1.31 bits per heavy atom. The van der Waals surface area contributed by atoms with E-state index in [9.17, 15) is 0 Å². The predicted octanol–water partition coefficient (Wildman–Crippen LogP) is 1.98. The highest BCUT2D eigenvalue weighted by Gasteiger charge is 2.15. The zero-order chi connectivity index (χ0) is 11.5. The van der Waals surface area contributed by atoms with E-state index in [1.807, 2.05) is 18.3 Å². The molecule has 0 radical (unpaired) electrons. The molecule has 0 aromatic carbocycles. The largest absolute Gasteiger partial charge is 0.300 e. The predicted molar refractivity (Wildman–Crippen MR) is 63.2 cm³/mol. The Balaban J connectivity index is 2.00. The van der Waals surface area contributed by atoms with Crippen molar-refractivity contribution in [3.8, 4) is 0 Å². The second-order valence-electron chi connectivity index (χ2n) is 3.83. The highest BCUT2D eigenvalue weighted by Crippen LogP contribution is 2.24. The van der Waals surface area contributed by atoms with Gasteiger partial charge in [-0.2, -0.15) is 5.21 Å². The Morgan fingerprint density at radius 3 is 2.69 bits per heavy atom. The number of tetrazole rings is 1. The summed E-state index contributed by atoms with van der Waals surface area (Å²) in [6, 6.07) is 4.68. The highest BCUT2D eigenvalue weighted by atomic mass is 32.1. The lowest BCUT2D eigenvalue weighted by molar-refractivity contribution is 0.481. The number of hydrogen-bond donors (Lipinski definition) is 2. The molecule has 16 heavy (non-hydrogen) atoms. The average Bonchev–Trinajstić information content (AvgIpc) is 2.87. The van der Waals surface area contributed by atoms with Crippen molar-refractivity contribution in [3.63, 3.8) is 0 Å². The number of thiophene rings is 1. The van der Waals surface area contributed by atoms with Crippen molar-refractivity contribution >= 4 is 11.3 Å². The van der Waals surface area contributed by atoms with Gasteiger partial charge in [-0.25, -0.2) is 0 Å². The molecule has 2 aromatic rings. The SMILES string of the molecule is Cc1ccc(C(C)NC(C)c2nn[nH]n2)s1. The van der Waals surface area contributed by atoms with Crippen molar-refractivity contribution < 1.29 is 0 Å². The lowest BCUT2D eigenvalue weighted by atomic mass is 10.2. The summed E-state index contributed by atoms with van der Waals surface area (Å²) in [6.07, 6.45) is 0. The third-order valence-electron chi connectivity index (χ3n) is 2.44. The number of nitrogens with one attached hydrogen (secondary N) is 2. The minimum Gasteiger partial charge on any atom is -0.300 e. The minimum atomic E-state index is 0.0937. The van der Waals surface area contributed by atoms with Crippen LogP contribution in [0.3, 0.4) is 0 Å². The van der Waals surface area contributed by atoms with Gasteiger partial charge in [-0.3, -0.25) is 5.32 Å². The molecule has 0 aliphatic carbocycles. The molecule has 0 amide bonds. The third kappa shape index (κ3) is 2.45. The fourth-order valence-corrected chi connectivity index (χ4v) is 2.46. The smallest absolute Gasteiger partial charge is 0.191 e. The summed E-state index contributed by atoms with van der Waals surface area (Å²) >= 11 is 1.81. The molecule has 6 heteroatoms. The third-order valence-corrected chi connectivity index (χ3v) is 3.62. The summed E-state index contributed by atoms with van der Waals surface area (Å²) < 4.78 is 0. The molecular formula is C10H15N5S. The van der Waals surface area contributed by atoms with Gasteiger partial charge < -0.3 is 0 Å². The van der Waals surface area contributed by atoms with E-state index in [0.717, 1.165) is 0 Å². The second-order valence-corrected chi connectivity index (χ2v) is 5.15. The summed E-state index contributed by atoms with van der Waals surface area (Å²) in [6.45, 7) is 6.28. The van der Waals surface area contributed by atoms with Gasteiger partial charge in [0.25, 0.3) is 0 Å². The Bertz CT molecular complexity index is 436. The van der Waals surface area contributed by atoms with E-state index in [1.54, 1.807) is 0 Å². The Hall–Kier alpha value is -1.27. The molecule has 86 valence electrons. The zero-order valence-electron chi connectivity index (χ0n) is 9.56. The van der Waals surface area contributed by atoms with Crippen LogP contribution in [0.15, 0.2) is 12.1 Å². The van der Waals surface area contributed by atoms with Crippen LogP contribution >= 0.6 is 11.3 Å². The molecule has 0 saturated carbocycles. The van der Waals surface area contributed by atoms with E-state index in [1.165, 1.54) is 9.75 Å². The first-order chi connectivity index (χ1) is 7.66. The molecule has 2 atom stereocenters. The summed E-state index contributed by atoms with van der Waals surface area (Å²) in [7, 11) is 0. The number of rotatable bonds is 4. The van der Waals surface area contributed by atoms with Crippen LogP contribution in [0.5, 0.6) is 0 Å². The van der Waals surface area contributed by atoms with Crippen LogP contribution in [0.4, 0.5) is 0 Å². The Labute approximate surface area is 98.3 Å². The van der Waals surface area contributed by atoms with Crippen molar-refractivity contribution in [3.05, 3.63) is 27.7 Å². The first-order valence-electron chi connectivity index (χ1n) is 5.22. The maximum absolute atomic E-state index is 3.96. The zero-order valence-corrected chi connectivity index (χ0v) is 10.4. The van der Waals surface area contributed by atoms with Gasteiger partial charge in [0, 0.05) is 15.8 Å². The fraction of sp³-hybridized carbons (Fsp3) is 0.500. The lowest BCUT2D eigenvalue weighted by Crippen LogP contribution is -2.22. The van der Waals surface area contributed by atoms with E-state index in [-0.39, 0.29) is 6.04 Å². The van der Waals surface area contributed by atoms with Gasteiger partial charge >= 0.3 is 0 Å². The number of aromatic nitrogens is 4. The number of hydrogen-bond acceptors (Lipinski definition) is 5. The minimum absolute atomic E-state index is 0.0937. The van der Waals surface area contributed by atoms with Crippen molar-refractivity contribution in [2.45, 2.75) is 32.9 Å². The molecule has 0 fully saturated rings. The monoisotopic (exact) mass is 237 g/mol. The maximum Gasteiger partial charge on any atom is 0.191 e. The standard InChI is InChI=1S/C10H15N5S/c1-6-4-5-9(16-6)7(2)11-8(3)10-12-14-15-13-10/h4-5,7-8,11H,1-3H3,(H,12,13,14,15). The molecule has 5 nitrogen and oxygen atoms in total. The van der Waals surface area contributed by atoms with Gasteiger partial charge in [-0.15, -0.1) is 21.5 Å². The summed E-state index contributed by atoms with van der Waals surface area (Å²) in [5.41, 5.74) is 0. The molecule has 0 saturated heterocycles. The molecule has 0 bridgehead atoms. The molecule has 2 aromatic heterocycles. The lowest BCUT2D eigenvalue weighted by Gasteiger charge is -2.16. The number of aromatic amines is 1. The van der Waals surface area contributed by atoms with Crippen LogP contribution in [0.2, 0.25) is 0 Å². The van der Waals surface area contributed by atoms with Crippen molar-refractivity contribution in [1.82, 2.24) is 25.9 Å². The van der Waals surface area contributed by atoms with Gasteiger partial charge in [0.1, 0.15) is 0 Å². The molecule has 0 spiro atoms. The summed E-state index contributed by atoms with van der Waals surface area (Å²) in [5.74, 6) is 0.695. The van der Waals surface area contributed by atoms with E-state index in [2.05, 4.69) is 51.9 Å². The molecule has 0 aliphatic heterocycles. The van der Waals surface area contributed by atoms with Crippen LogP contribution < -0.4 is 5.32 Å². The Kier molecular flexibility index (Phi) is 3.31. The number of nitrogens with zero attached hydrogens (tertiary/aromatic N) is 3. The molecule has 2 rings (SSSR count). The van der Waals surface area contributed by atoms with Crippen LogP contribution in [0, 0.1) is 6.92 Å². The fourth-order valence-electron chi connectivity index (χ4n) is 1.57. The summed E-state index contributed by atoms with van der Waals surface area (Å²) in [5, 5.41) is 17.4. The van der Waals surface area contributed by atoms with Crippen molar-refractivity contribution in [2.24, 2.45) is 0 Å². The molecule has 2 N–H and O–H groups in total. The first kappa shape index (κ1) is 11.2. The van der Waals surface area contributed by atoms with Gasteiger partial charge in [-0.1, -0.05) is 5.21 Å². The van der Waals surface area contributed by atoms with Crippen molar-refractivity contribution in [1.29, 1.82) is 0 Å². The van der Waals surface area contributed by atoms with Crippen molar-refractivity contribution in [2.75, 3.05) is 0 Å². The quantitative estimate of drug-likeness (QED) is 0.853. The van der Waals surface area contributed by atoms with Gasteiger partial charge in [0.15, 0.2) is 5.82 Å². The Morgan fingerprint density at radius 2 is 2.12 bits per heavy atom. The number of H-pyrrole nitrogens is 1. The molecule has 0 aliphatic rings. The normalized spacial score (nSPS) is 14.9. The molecule has 2 heterocycles. The van der Waals surface area contributed by atoms with Crippen LogP contribution in [0.1, 0.15) is 41.5 Å². The average molecular weight is 237 g/mol. The van der Waals surface area contributed by atoms with Crippen LogP contribution in [-0.2, 0) is 0 Å². The van der Waals surface area contributed by atoms with E-state index < -0.39 is 0 Å². The molecule has 2 unspecified atom stereocenters. The van der Waals surface area contributed by atoms with E-state index in [4.69, 9.17) is 0 Å². The topological polar surface area (TPSA) is 66.5 Å². The highest BCUT2D eigenvalue weighted by molar-refractivity contribution is 7.12. The van der Waals surface area contributed by atoms with E-state index >= 15 is 0 Å². The van der Waals surface area contributed by atoms with Gasteiger partial charge in [0.05, 0.1) is 6.04 Å². The number of aryl methyl sites for hydroxylation is 1. The first-order valence-corrected chi connectivity index (χ1v) is 6.04. The second kappa shape index (κ2) is 4.71.